The van der Waals surface area contributed by atoms with Gasteiger partial charge in [-0.2, -0.15) is 0 Å². The summed E-state index contributed by atoms with van der Waals surface area (Å²) in [5.41, 5.74) is 0. The first-order valence-corrected chi connectivity index (χ1v) is 3.07. The summed E-state index contributed by atoms with van der Waals surface area (Å²) in [6.07, 6.45) is 0. The fraction of sp³-hybridized carbons (Fsp3) is 1.00. The van der Waals surface area contributed by atoms with Gasteiger partial charge >= 0.3 is 0 Å². The predicted octanol–water partition coefficient (Wildman–Crippen LogP) is -0.103. The van der Waals surface area contributed by atoms with Crippen LogP contribution in [0.1, 0.15) is 20.8 Å². The molecule has 2 heteroatoms. The molecule has 0 N–H and O–H groups in total. The van der Waals surface area contributed by atoms with Gasteiger partial charge in [-0.15, -0.1) is 0 Å². The van der Waals surface area contributed by atoms with E-state index in [2.05, 4.69) is 25.7 Å². The van der Waals surface area contributed by atoms with Gasteiger partial charge in [0.2, 0.25) is 0 Å². The van der Waals surface area contributed by atoms with Crippen LogP contribution in [0.5, 0.6) is 0 Å². The highest BCUT2D eigenvalue weighted by molar-refractivity contribution is 5.75. The Bertz CT molecular complexity index is 30.0. The van der Waals surface area contributed by atoms with Gasteiger partial charge in [0.25, 0.3) is 0 Å². The minimum Gasteiger partial charge on any atom is -0.304 e. The van der Waals surface area contributed by atoms with Gasteiger partial charge in [-0.1, -0.05) is 20.8 Å². The molecule has 0 atom stereocenters. The molecule has 0 aromatic carbocycles. The molecule has 0 radical (unpaired) electrons. The topological polar surface area (TPSA) is 3.24 Å². The first-order chi connectivity index (χ1) is 3.35. The summed E-state index contributed by atoms with van der Waals surface area (Å²) >= 11 is 0. The predicted molar refractivity (Wildman–Crippen MR) is 44.8 cm³/mol. The van der Waals surface area contributed by atoms with Crippen LogP contribution in [0.25, 0.3) is 0 Å². The summed E-state index contributed by atoms with van der Waals surface area (Å²) in [6.45, 7) is 10.1. The number of hydrogen-bond donors (Lipinski definition) is 0. The molecule has 0 heterocycles. The van der Waals surface area contributed by atoms with Crippen LogP contribution in [0, 0.1) is 0 Å². The molecule has 0 saturated carbocycles. The molecule has 8 heavy (non-hydrogen) atoms. The molecule has 0 aromatic heterocycles. The van der Waals surface area contributed by atoms with Crippen LogP contribution in [-0.4, -0.2) is 35.5 Å². The molecule has 0 bridgehead atoms. The van der Waals surface area contributed by atoms with E-state index in [0.29, 0.717) is 0 Å². The van der Waals surface area contributed by atoms with Crippen LogP contribution in [0.15, 0.2) is 0 Å². The lowest BCUT2D eigenvalue weighted by atomic mass is 10.5. The van der Waals surface area contributed by atoms with Crippen molar-refractivity contribution in [3.05, 3.63) is 0 Å². The number of hydrogen-bond acceptors (Lipinski definition) is 1. The first kappa shape index (κ1) is 11.0. The van der Waals surface area contributed by atoms with E-state index in [1.807, 2.05) is 0 Å². The van der Waals surface area contributed by atoms with Crippen LogP contribution in [0.3, 0.4) is 0 Å². The average molecular weight is 216 g/mol. The second-order valence-corrected chi connectivity index (χ2v) is 1.62. The van der Waals surface area contributed by atoms with E-state index in [1.165, 1.54) is 19.6 Å². The summed E-state index contributed by atoms with van der Waals surface area (Å²) in [6, 6.07) is 0. The molecule has 0 saturated heterocycles. The second kappa shape index (κ2) is 7.18. The van der Waals surface area contributed by atoms with Crippen molar-refractivity contribution >= 4 is 11.0 Å². The van der Waals surface area contributed by atoms with Crippen molar-refractivity contribution in [2.75, 3.05) is 19.6 Å². The van der Waals surface area contributed by atoms with Gasteiger partial charge in [-0.25, -0.2) is 0 Å². The van der Waals surface area contributed by atoms with Gasteiger partial charge in [0.05, 0.1) is 0 Å². The quantitative estimate of drug-likeness (QED) is 0.595. The third kappa shape index (κ3) is 4.34. The number of nitrogens with zero attached hydrogens (tertiary/aromatic N) is 1. The molecule has 0 aliphatic carbocycles. The molecule has 0 spiro atoms. The van der Waals surface area contributed by atoms with E-state index in [0.717, 1.165) is 0 Å². The Morgan fingerprint density at radius 2 is 1.12 bits per heavy atom. The van der Waals surface area contributed by atoms with E-state index in [4.69, 9.17) is 0 Å². The molecular formula is C6H19NSi. The summed E-state index contributed by atoms with van der Waals surface area (Å²) in [4.78, 5) is 2.38. The van der Waals surface area contributed by atoms with Gasteiger partial charge in [0.15, 0.2) is 0 Å². The Kier molecular flexibility index (Phi) is 9.90. The molecular weight excluding hydrogens is 197 g/mol. The van der Waals surface area contributed by atoms with Gasteiger partial charge in [-0.3, -0.25) is 0 Å². The summed E-state index contributed by atoms with van der Waals surface area (Å²) in [5, 5.41) is 0. The highest BCUT2D eigenvalue weighted by Gasteiger charge is 1.89. The lowest BCUT2D eigenvalue weighted by Gasteiger charge is -2.13. The minimum absolute atomic E-state index is 0. The number of rotatable bonds is 3. The summed E-state index contributed by atoms with van der Waals surface area (Å²) in [7, 11) is 0. The lowest BCUT2D eigenvalue weighted by molar-refractivity contribution is 0.321. The molecule has 0 fully saturated rings. The van der Waals surface area contributed by atoms with Gasteiger partial charge < -0.3 is 4.90 Å². The summed E-state index contributed by atoms with van der Waals surface area (Å²) < 4.78 is 0. The Morgan fingerprint density at radius 3 is 1.12 bits per heavy atom. The largest absolute Gasteiger partial charge is 0.304 e. The maximum absolute atomic E-state index is 2.38. The highest BCUT2D eigenvalue weighted by atomic mass is 111. The maximum Gasteiger partial charge on any atom is -0.00474 e. The normalized spacial score (nSPS) is 9.00. The smallest absolute Gasteiger partial charge is 0.00474 e. The van der Waals surface area contributed by atoms with Gasteiger partial charge in [0.1, 0.15) is 0 Å². The zero-order valence-electron chi connectivity index (χ0n) is 5.57. The molecule has 0 rings (SSSR count). The third-order valence-electron chi connectivity index (χ3n) is 1.34. The monoisotopic (exact) mass is 216 g/mol. The van der Waals surface area contributed by atoms with Gasteiger partial charge in [-0.05, 0) is 30.6 Å². The Balaban J connectivity index is 0. The Labute approximate surface area is 57.1 Å². The van der Waals surface area contributed by atoms with E-state index in [-0.39, 0.29) is 11.0 Å². The summed E-state index contributed by atoms with van der Waals surface area (Å²) in [5.74, 6) is 0. The van der Waals surface area contributed by atoms with Crippen LogP contribution in [-0.2, 0) is 0 Å². The van der Waals surface area contributed by atoms with Crippen molar-refractivity contribution in [3.63, 3.8) is 0 Å². The molecule has 0 unspecified atom stereocenters. The van der Waals surface area contributed by atoms with Crippen molar-refractivity contribution in [2.45, 2.75) is 20.8 Å². The standard InChI is InChI=1S/C6H15N.H4Si/c1-4-7(5-2)6-3;/h4-6H2,1-3H3;1H4/i;1+83. The molecule has 0 aromatic rings. The molecule has 52 valence electrons. The highest BCUT2D eigenvalue weighted by Crippen LogP contribution is 1.81. The lowest BCUT2D eigenvalue weighted by Crippen LogP contribution is -2.21. The van der Waals surface area contributed by atoms with Crippen LogP contribution in [0.2, 0.25) is 0 Å². The zero-order chi connectivity index (χ0) is 5.70. The first-order valence-electron chi connectivity index (χ1n) is 3.07. The Morgan fingerprint density at radius 1 is 0.875 bits per heavy atom. The fourth-order valence-electron chi connectivity index (χ4n) is 0.671. The molecule has 0 amide bonds. The van der Waals surface area contributed by atoms with Crippen LogP contribution >= 0.6 is 0 Å². The van der Waals surface area contributed by atoms with Crippen LogP contribution in [0.4, 0.5) is 0 Å². The van der Waals surface area contributed by atoms with E-state index >= 15 is 0 Å². The maximum atomic E-state index is 2.38. The SMILES string of the molecule is CCN(CC)CC.[111SiH4]. The van der Waals surface area contributed by atoms with Crippen LogP contribution < -0.4 is 0 Å². The third-order valence-corrected chi connectivity index (χ3v) is 1.34. The zero-order valence-corrected chi connectivity index (χ0v) is 5.57. The molecule has 0 aliphatic rings. The molecule has 0 aliphatic heterocycles. The van der Waals surface area contributed by atoms with Crippen molar-refractivity contribution in [2.24, 2.45) is 0 Å². The van der Waals surface area contributed by atoms with E-state index in [9.17, 15) is 0 Å². The molecule has 1 nitrogen and oxygen atoms in total. The van der Waals surface area contributed by atoms with Gasteiger partial charge in [0, 0.05) is 0 Å². The van der Waals surface area contributed by atoms with Crippen molar-refractivity contribution in [1.82, 2.24) is 4.90 Å². The van der Waals surface area contributed by atoms with E-state index in [1.54, 1.807) is 0 Å². The van der Waals surface area contributed by atoms with Crippen molar-refractivity contribution in [3.8, 4) is 0 Å². The van der Waals surface area contributed by atoms with E-state index < -0.39 is 0 Å². The van der Waals surface area contributed by atoms with Crippen molar-refractivity contribution in [1.29, 1.82) is 0 Å². The minimum atomic E-state index is 0. The van der Waals surface area contributed by atoms with Crippen molar-refractivity contribution < 1.29 is 0 Å². The second-order valence-electron chi connectivity index (χ2n) is 1.62. The Hall–Kier alpha value is 0.177. The fourth-order valence-corrected chi connectivity index (χ4v) is 0.671. The average Bonchev–Trinajstić information content (AvgIpc) is 1.72.